The van der Waals surface area contributed by atoms with Crippen LogP contribution < -0.4 is 10.2 Å². The Bertz CT molecular complexity index is 519. The molecule has 1 aliphatic heterocycles. The summed E-state index contributed by atoms with van der Waals surface area (Å²) in [5.41, 5.74) is -0.810. The van der Waals surface area contributed by atoms with E-state index >= 15 is 0 Å². The summed E-state index contributed by atoms with van der Waals surface area (Å²) >= 11 is 0. The lowest BCUT2D eigenvalue weighted by Crippen LogP contribution is -2.41. The van der Waals surface area contributed by atoms with Gasteiger partial charge in [-0.2, -0.15) is 0 Å². The summed E-state index contributed by atoms with van der Waals surface area (Å²) in [5, 5.41) is 0. The van der Waals surface area contributed by atoms with Crippen LogP contribution in [0, 0.1) is 5.82 Å². The quantitative estimate of drug-likeness (QED) is 0.436. The van der Waals surface area contributed by atoms with Crippen LogP contribution in [-0.2, 0) is 18.8 Å². The number of benzene rings is 1. The molecule has 0 amide bonds. The molecule has 0 bridgehead atoms. The monoisotopic (exact) mass is 326 g/mol. The molecule has 0 aliphatic carbocycles. The van der Waals surface area contributed by atoms with Crippen LogP contribution in [0.5, 0.6) is 5.75 Å². The lowest BCUT2D eigenvalue weighted by Gasteiger charge is -2.32. The van der Waals surface area contributed by atoms with E-state index in [0.29, 0.717) is 12.4 Å². The Balaban J connectivity index is 2.13. The van der Waals surface area contributed by atoms with Gasteiger partial charge in [-0.1, -0.05) is 6.07 Å². The maximum Gasteiger partial charge on any atom is 0.501 e. The molecule has 128 valence electrons. The van der Waals surface area contributed by atoms with Crippen molar-refractivity contribution in [2.75, 3.05) is 27.1 Å². The zero-order valence-corrected chi connectivity index (χ0v) is 14.3. The number of ether oxygens (including phenoxy) is 3. The highest BCUT2D eigenvalue weighted by Gasteiger charge is 2.53. The lowest BCUT2D eigenvalue weighted by molar-refractivity contribution is -0.0387. The number of rotatable bonds is 7. The fraction of sp³-hybridized carbons (Fsp3) is 0.625. The number of hydrogen-bond donors (Lipinski definition) is 0. The first-order valence-electron chi connectivity index (χ1n) is 7.62. The van der Waals surface area contributed by atoms with Gasteiger partial charge in [0, 0.05) is 7.11 Å². The van der Waals surface area contributed by atoms with Crippen molar-refractivity contribution in [1.82, 2.24) is 0 Å². The molecule has 0 saturated carbocycles. The van der Waals surface area contributed by atoms with Crippen molar-refractivity contribution in [3.63, 3.8) is 0 Å². The summed E-state index contributed by atoms with van der Waals surface area (Å²) in [5.74, 6) is -0.0247. The van der Waals surface area contributed by atoms with Gasteiger partial charge in [0.25, 0.3) is 0 Å². The summed E-state index contributed by atoms with van der Waals surface area (Å²) < 4.78 is 41.8. The minimum absolute atomic E-state index is 0.191. The van der Waals surface area contributed by atoms with E-state index in [2.05, 4.69) is 0 Å². The Kier molecular flexibility index (Phi) is 5.68. The standard InChI is InChI=1S/C16H24BFO5/c1-15(2)16(3,4)23-17(22-15)14-12(18)7-6-8-13(14)21-10-9-20-11-19-5/h6-8H,9-11H2,1-5H3. The van der Waals surface area contributed by atoms with Crippen LogP contribution in [0.3, 0.4) is 0 Å². The molecular formula is C16H24BFO5. The van der Waals surface area contributed by atoms with Crippen molar-refractivity contribution in [3.05, 3.63) is 24.0 Å². The Labute approximate surface area is 137 Å². The predicted molar refractivity (Wildman–Crippen MR) is 85.4 cm³/mol. The zero-order valence-electron chi connectivity index (χ0n) is 14.3. The second-order valence-corrected chi connectivity index (χ2v) is 6.40. The summed E-state index contributed by atoms with van der Waals surface area (Å²) in [6.45, 7) is 8.50. The molecule has 0 atom stereocenters. The number of methoxy groups -OCH3 is 1. The first kappa shape index (κ1) is 18.2. The van der Waals surface area contributed by atoms with Crippen molar-refractivity contribution >= 4 is 12.6 Å². The summed E-state index contributed by atoms with van der Waals surface area (Å²) in [6, 6.07) is 4.66. The average molecular weight is 326 g/mol. The second kappa shape index (κ2) is 7.17. The zero-order chi connectivity index (χ0) is 17.1. The molecule has 0 aromatic heterocycles. The molecule has 23 heavy (non-hydrogen) atoms. The molecule has 0 unspecified atom stereocenters. The van der Waals surface area contributed by atoms with Gasteiger partial charge in [-0.15, -0.1) is 0 Å². The molecule has 1 heterocycles. The summed E-state index contributed by atoms with van der Waals surface area (Å²) in [7, 11) is 0.736. The molecule has 1 aliphatic rings. The van der Waals surface area contributed by atoms with Crippen molar-refractivity contribution in [2.45, 2.75) is 38.9 Å². The van der Waals surface area contributed by atoms with Gasteiger partial charge in [0.1, 0.15) is 25.0 Å². The average Bonchev–Trinajstić information content (AvgIpc) is 2.67. The molecule has 0 radical (unpaired) electrons. The molecule has 7 heteroatoms. The number of halogens is 1. The topological polar surface area (TPSA) is 46.2 Å². The van der Waals surface area contributed by atoms with Crippen LogP contribution in [0.2, 0.25) is 0 Å². The van der Waals surface area contributed by atoms with Gasteiger partial charge in [-0.05, 0) is 39.8 Å². The fourth-order valence-corrected chi connectivity index (χ4v) is 2.19. The first-order valence-corrected chi connectivity index (χ1v) is 7.62. The molecule has 1 aromatic rings. The van der Waals surface area contributed by atoms with Crippen LogP contribution in [0.4, 0.5) is 4.39 Å². The second-order valence-electron chi connectivity index (χ2n) is 6.40. The van der Waals surface area contributed by atoms with E-state index in [9.17, 15) is 4.39 Å². The van der Waals surface area contributed by atoms with Crippen LogP contribution in [0.1, 0.15) is 27.7 Å². The molecule has 0 N–H and O–H groups in total. The normalized spacial score (nSPS) is 19.1. The first-order chi connectivity index (χ1) is 10.8. The maximum absolute atomic E-state index is 14.3. The summed E-state index contributed by atoms with van der Waals surface area (Å²) in [6.07, 6.45) is 0. The molecule has 1 aromatic carbocycles. The van der Waals surface area contributed by atoms with Crippen LogP contribution >= 0.6 is 0 Å². The Hall–Kier alpha value is -1.15. The van der Waals surface area contributed by atoms with Crippen LogP contribution in [0.15, 0.2) is 18.2 Å². The molecular weight excluding hydrogens is 302 g/mol. The van der Waals surface area contributed by atoms with Gasteiger partial charge < -0.3 is 23.5 Å². The third-order valence-corrected chi connectivity index (χ3v) is 4.19. The molecule has 2 rings (SSSR count). The van der Waals surface area contributed by atoms with E-state index in [0.717, 1.165) is 0 Å². The van der Waals surface area contributed by atoms with E-state index in [1.165, 1.54) is 6.07 Å². The van der Waals surface area contributed by atoms with Gasteiger partial charge in [0.15, 0.2) is 0 Å². The van der Waals surface area contributed by atoms with E-state index in [-0.39, 0.29) is 18.9 Å². The van der Waals surface area contributed by atoms with Crippen molar-refractivity contribution < 1.29 is 27.9 Å². The van der Waals surface area contributed by atoms with Gasteiger partial charge in [-0.3, -0.25) is 0 Å². The van der Waals surface area contributed by atoms with E-state index in [1.54, 1.807) is 19.2 Å². The smallest absolute Gasteiger partial charge is 0.491 e. The van der Waals surface area contributed by atoms with Crippen molar-refractivity contribution in [2.24, 2.45) is 0 Å². The predicted octanol–water partition coefficient (Wildman–Crippen LogP) is 2.12. The third kappa shape index (κ3) is 4.04. The van der Waals surface area contributed by atoms with Gasteiger partial charge >= 0.3 is 7.12 Å². The Morgan fingerprint density at radius 1 is 1.09 bits per heavy atom. The van der Waals surface area contributed by atoms with Crippen LogP contribution in [0.25, 0.3) is 0 Å². The van der Waals surface area contributed by atoms with E-state index in [4.69, 9.17) is 23.5 Å². The van der Waals surface area contributed by atoms with E-state index in [1.807, 2.05) is 27.7 Å². The highest BCUT2D eigenvalue weighted by Crippen LogP contribution is 2.37. The van der Waals surface area contributed by atoms with Gasteiger partial charge in [0.2, 0.25) is 0 Å². The molecule has 0 spiro atoms. The molecule has 5 nitrogen and oxygen atoms in total. The highest BCUT2D eigenvalue weighted by atomic mass is 19.1. The highest BCUT2D eigenvalue weighted by molar-refractivity contribution is 6.63. The summed E-state index contributed by atoms with van der Waals surface area (Å²) in [4.78, 5) is 0. The van der Waals surface area contributed by atoms with Crippen molar-refractivity contribution in [1.29, 1.82) is 0 Å². The Morgan fingerprint density at radius 3 is 2.35 bits per heavy atom. The number of hydrogen-bond acceptors (Lipinski definition) is 5. The van der Waals surface area contributed by atoms with Gasteiger partial charge in [0.05, 0.1) is 23.3 Å². The SMILES string of the molecule is COCOCCOc1cccc(F)c1B1OC(C)(C)C(C)(C)O1. The molecule has 1 saturated heterocycles. The Morgan fingerprint density at radius 2 is 1.74 bits per heavy atom. The largest absolute Gasteiger partial charge is 0.501 e. The van der Waals surface area contributed by atoms with Gasteiger partial charge in [-0.25, -0.2) is 4.39 Å². The lowest BCUT2D eigenvalue weighted by atomic mass is 9.78. The third-order valence-electron chi connectivity index (χ3n) is 4.19. The minimum atomic E-state index is -0.809. The van der Waals surface area contributed by atoms with E-state index < -0.39 is 24.1 Å². The molecule has 1 fully saturated rings. The van der Waals surface area contributed by atoms with Crippen LogP contribution in [-0.4, -0.2) is 45.4 Å². The minimum Gasteiger partial charge on any atom is -0.491 e. The maximum atomic E-state index is 14.3. The fourth-order valence-electron chi connectivity index (χ4n) is 2.19. The van der Waals surface area contributed by atoms with Crippen molar-refractivity contribution in [3.8, 4) is 5.75 Å².